The molecule has 1 aliphatic heterocycles. The molecule has 0 bridgehead atoms. The largest absolute Gasteiger partial charge is 0.337 e. The van der Waals surface area contributed by atoms with Gasteiger partial charge in [0.2, 0.25) is 11.8 Å². The zero-order valence-corrected chi connectivity index (χ0v) is 12.2. The predicted octanol–water partition coefficient (Wildman–Crippen LogP) is 2.99. The molecule has 0 spiro atoms. The van der Waals surface area contributed by atoms with Crippen LogP contribution in [-0.4, -0.2) is 16.0 Å². The van der Waals surface area contributed by atoms with Crippen molar-refractivity contribution in [2.24, 2.45) is 5.92 Å². The first-order valence-corrected chi connectivity index (χ1v) is 8.06. The first-order valence-electron chi connectivity index (χ1n) is 8.06. The second-order valence-corrected chi connectivity index (χ2v) is 6.60. The maximum atomic E-state index is 12.7. The number of hydrogen-bond acceptors (Lipinski definition) is 4. The molecule has 3 aliphatic rings. The topological polar surface area (TPSA) is 59.2 Å². The number of anilines is 1. The zero-order chi connectivity index (χ0) is 14.7. The van der Waals surface area contributed by atoms with Crippen molar-refractivity contribution in [3.8, 4) is 0 Å². The molecule has 2 heterocycles. The Morgan fingerprint density at radius 3 is 2.77 bits per heavy atom. The van der Waals surface area contributed by atoms with Crippen molar-refractivity contribution in [3.05, 3.63) is 41.5 Å². The van der Waals surface area contributed by atoms with Gasteiger partial charge in [0.05, 0.1) is 0 Å². The van der Waals surface area contributed by atoms with Crippen LogP contribution in [0.4, 0.5) is 5.69 Å². The summed E-state index contributed by atoms with van der Waals surface area (Å²) in [7, 11) is 0. The normalized spacial score (nSPS) is 23.6. The van der Waals surface area contributed by atoms with Crippen LogP contribution >= 0.6 is 0 Å². The van der Waals surface area contributed by atoms with Gasteiger partial charge in [-0.15, -0.1) is 0 Å². The average molecular weight is 295 g/mol. The van der Waals surface area contributed by atoms with Crippen molar-refractivity contribution < 1.29 is 9.32 Å². The maximum Gasteiger partial charge on any atom is 0.250 e. The van der Waals surface area contributed by atoms with E-state index in [1.165, 1.54) is 5.56 Å². The predicted molar refractivity (Wildman–Crippen MR) is 79.4 cm³/mol. The molecule has 0 saturated heterocycles. The summed E-state index contributed by atoms with van der Waals surface area (Å²) in [4.78, 5) is 19.2. The number of fused-ring (bicyclic) bond motifs is 1. The highest BCUT2D eigenvalue weighted by molar-refractivity contribution is 5.99. The zero-order valence-electron chi connectivity index (χ0n) is 12.2. The second kappa shape index (κ2) is 4.41. The molecular weight excluding hydrogens is 278 g/mol. The molecule has 0 N–H and O–H groups in total. The number of nitrogens with zero attached hydrogens (tertiary/aromatic N) is 3. The number of rotatable bonds is 3. The first kappa shape index (κ1) is 12.4. The van der Waals surface area contributed by atoms with E-state index < -0.39 is 0 Å². The van der Waals surface area contributed by atoms with Crippen LogP contribution < -0.4 is 4.90 Å². The summed E-state index contributed by atoms with van der Waals surface area (Å²) in [5.41, 5.74) is 2.20. The Hall–Kier alpha value is -2.17. The van der Waals surface area contributed by atoms with Crippen molar-refractivity contribution in [1.29, 1.82) is 0 Å². The van der Waals surface area contributed by atoms with Gasteiger partial charge < -0.3 is 4.52 Å². The molecule has 22 heavy (non-hydrogen) atoms. The van der Waals surface area contributed by atoms with Crippen LogP contribution in [0.3, 0.4) is 0 Å². The van der Waals surface area contributed by atoms with Gasteiger partial charge in [0.1, 0.15) is 6.04 Å². The number of aromatic nitrogens is 2. The lowest BCUT2D eigenvalue weighted by atomic mass is 10.1. The van der Waals surface area contributed by atoms with E-state index in [2.05, 4.69) is 16.2 Å². The molecule has 2 aromatic rings. The van der Waals surface area contributed by atoms with E-state index in [0.29, 0.717) is 11.8 Å². The van der Waals surface area contributed by atoms with E-state index in [0.717, 1.165) is 43.6 Å². The summed E-state index contributed by atoms with van der Waals surface area (Å²) in [6, 6.07) is 7.97. The molecule has 5 heteroatoms. The number of benzene rings is 1. The van der Waals surface area contributed by atoms with Crippen LogP contribution in [0.2, 0.25) is 0 Å². The lowest BCUT2D eigenvalue weighted by Crippen LogP contribution is -2.33. The molecule has 2 fully saturated rings. The molecular formula is C17H17N3O2. The Balaban J connectivity index is 1.53. The SMILES string of the molecule is O=C(C1CC1)N1c2ccccc2CC1c1nc(C2CC2)no1. The van der Waals surface area contributed by atoms with E-state index in [9.17, 15) is 4.79 Å². The van der Waals surface area contributed by atoms with Crippen LogP contribution in [0.25, 0.3) is 0 Å². The van der Waals surface area contributed by atoms with Crippen LogP contribution in [0.1, 0.15) is 54.9 Å². The smallest absolute Gasteiger partial charge is 0.250 e. The molecule has 2 saturated carbocycles. The fourth-order valence-corrected chi connectivity index (χ4v) is 3.27. The quantitative estimate of drug-likeness (QED) is 0.873. The first-order chi connectivity index (χ1) is 10.8. The average Bonchev–Trinajstić information content (AvgIpc) is 3.46. The molecule has 1 amide bonds. The summed E-state index contributed by atoms with van der Waals surface area (Å²) in [6.07, 6.45) is 5.06. The fourth-order valence-electron chi connectivity index (χ4n) is 3.27. The van der Waals surface area contributed by atoms with Crippen LogP contribution in [-0.2, 0) is 11.2 Å². The minimum atomic E-state index is -0.134. The lowest BCUT2D eigenvalue weighted by Gasteiger charge is -2.23. The summed E-state index contributed by atoms with van der Waals surface area (Å²) in [6.45, 7) is 0. The van der Waals surface area contributed by atoms with E-state index >= 15 is 0 Å². The van der Waals surface area contributed by atoms with Crippen molar-refractivity contribution >= 4 is 11.6 Å². The molecule has 1 aromatic carbocycles. The van der Waals surface area contributed by atoms with Crippen molar-refractivity contribution in [1.82, 2.24) is 10.1 Å². The fraction of sp³-hybridized carbons (Fsp3) is 0.471. The van der Waals surface area contributed by atoms with E-state index in [1.54, 1.807) is 0 Å². The van der Waals surface area contributed by atoms with E-state index in [4.69, 9.17) is 4.52 Å². The third-order valence-electron chi connectivity index (χ3n) is 4.83. The van der Waals surface area contributed by atoms with Gasteiger partial charge in [0, 0.05) is 23.9 Å². The van der Waals surface area contributed by atoms with Gasteiger partial charge in [-0.3, -0.25) is 9.69 Å². The molecule has 1 unspecified atom stereocenters. The number of hydrogen-bond donors (Lipinski definition) is 0. The summed E-state index contributed by atoms with van der Waals surface area (Å²) in [5.74, 6) is 2.26. The summed E-state index contributed by atoms with van der Waals surface area (Å²) in [5, 5.41) is 4.12. The second-order valence-electron chi connectivity index (χ2n) is 6.60. The molecule has 1 atom stereocenters. The Labute approximate surface area is 128 Å². The van der Waals surface area contributed by atoms with Crippen molar-refractivity contribution in [2.75, 3.05) is 4.90 Å². The Morgan fingerprint density at radius 2 is 2.00 bits per heavy atom. The van der Waals surface area contributed by atoms with Gasteiger partial charge in [-0.2, -0.15) is 4.98 Å². The Morgan fingerprint density at radius 1 is 1.18 bits per heavy atom. The van der Waals surface area contributed by atoms with Crippen LogP contribution in [0.15, 0.2) is 28.8 Å². The van der Waals surface area contributed by atoms with E-state index in [1.807, 2.05) is 23.1 Å². The minimum absolute atomic E-state index is 0.134. The highest BCUT2D eigenvalue weighted by atomic mass is 16.5. The molecule has 5 nitrogen and oxygen atoms in total. The van der Waals surface area contributed by atoms with Crippen LogP contribution in [0, 0.1) is 5.92 Å². The Kier molecular flexibility index (Phi) is 2.48. The number of para-hydroxylation sites is 1. The van der Waals surface area contributed by atoms with Gasteiger partial charge in [-0.1, -0.05) is 23.4 Å². The van der Waals surface area contributed by atoms with Gasteiger partial charge in [-0.05, 0) is 37.3 Å². The molecule has 0 radical (unpaired) electrons. The maximum absolute atomic E-state index is 12.7. The highest BCUT2D eigenvalue weighted by Gasteiger charge is 2.44. The van der Waals surface area contributed by atoms with Gasteiger partial charge in [0.15, 0.2) is 5.82 Å². The van der Waals surface area contributed by atoms with Crippen molar-refractivity contribution in [2.45, 2.75) is 44.1 Å². The minimum Gasteiger partial charge on any atom is -0.337 e. The van der Waals surface area contributed by atoms with Gasteiger partial charge >= 0.3 is 0 Å². The standard InChI is InChI=1S/C17H17N3O2/c21-17(11-7-8-11)20-13-4-2-1-3-12(13)9-14(20)16-18-15(19-22-16)10-5-6-10/h1-4,10-11,14H,5-9H2. The molecule has 2 aliphatic carbocycles. The summed E-state index contributed by atoms with van der Waals surface area (Å²) < 4.78 is 5.51. The van der Waals surface area contributed by atoms with Crippen molar-refractivity contribution in [3.63, 3.8) is 0 Å². The third kappa shape index (κ3) is 1.88. The molecule has 1 aromatic heterocycles. The summed E-state index contributed by atoms with van der Waals surface area (Å²) >= 11 is 0. The van der Waals surface area contributed by atoms with Crippen LogP contribution in [0.5, 0.6) is 0 Å². The monoisotopic (exact) mass is 295 g/mol. The van der Waals surface area contributed by atoms with Gasteiger partial charge in [-0.25, -0.2) is 0 Å². The Bertz CT molecular complexity index is 746. The number of carbonyl (C=O) groups is 1. The third-order valence-corrected chi connectivity index (χ3v) is 4.83. The lowest BCUT2D eigenvalue weighted by molar-refractivity contribution is -0.120. The number of amides is 1. The molecule has 112 valence electrons. The number of carbonyl (C=O) groups excluding carboxylic acids is 1. The van der Waals surface area contributed by atoms with Gasteiger partial charge in [0.25, 0.3) is 0 Å². The molecule has 5 rings (SSSR count). The highest BCUT2D eigenvalue weighted by Crippen LogP contribution is 2.45. The van der Waals surface area contributed by atoms with E-state index in [-0.39, 0.29) is 17.9 Å².